The fraction of sp³-hybridized carbons (Fsp3) is 0.708. The van der Waals surface area contributed by atoms with Crippen LogP contribution in [-0.2, 0) is 4.79 Å². The van der Waals surface area contributed by atoms with Crippen molar-refractivity contribution in [3.8, 4) is 11.5 Å². The number of rotatable bonds is 9. The van der Waals surface area contributed by atoms with Crippen LogP contribution in [0.5, 0.6) is 11.5 Å². The van der Waals surface area contributed by atoms with E-state index in [-0.39, 0.29) is 22.5 Å². The summed E-state index contributed by atoms with van der Waals surface area (Å²) in [7, 11) is 1.66. The number of ether oxygens (including phenoxy) is 2. The molecule has 6 nitrogen and oxygen atoms in total. The summed E-state index contributed by atoms with van der Waals surface area (Å²) in [6.45, 7) is 12.2. The van der Waals surface area contributed by atoms with E-state index in [1.807, 2.05) is 33.8 Å². The van der Waals surface area contributed by atoms with Crippen LogP contribution in [0.15, 0.2) is 18.2 Å². The first-order valence-electron chi connectivity index (χ1n) is 11.0. The van der Waals surface area contributed by atoms with Crippen LogP contribution >= 0.6 is 0 Å². The number of ketones is 1. The number of hydrogen-bond donors (Lipinski definition) is 2. The number of hydrazine groups is 1. The monoisotopic (exact) mass is 418 g/mol. The maximum atomic E-state index is 12.3. The van der Waals surface area contributed by atoms with Crippen molar-refractivity contribution < 1.29 is 19.4 Å². The number of benzene rings is 1. The number of nitrogens with zero attached hydrogens (tertiary/aromatic N) is 1. The molecule has 1 aliphatic carbocycles. The molecule has 0 amide bonds. The fourth-order valence-corrected chi connectivity index (χ4v) is 4.01. The number of aliphatic hydroxyl groups excluding tert-OH is 1. The number of aliphatic hydroxyl groups is 1. The standard InChI is InChI=1S/C24H38N2O4/c1-16(27)24(5)15-26(25-12-22(28)23(2,3)4)13-19(24)18-9-10-20(29-6)21(11-18)30-14-17-7-8-17/h9-11,16-17,19,25,27H,7-8,12-15H2,1-6H3/t16-,19+,24+/m1/s1. The number of nitrogens with one attached hydrogen (secondary N) is 1. The Balaban J connectivity index is 1.78. The normalized spacial score (nSPS) is 25.9. The third-order valence-electron chi connectivity index (χ3n) is 6.75. The van der Waals surface area contributed by atoms with Crippen molar-refractivity contribution in [1.82, 2.24) is 10.4 Å². The Morgan fingerprint density at radius 1 is 1.33 bits per heavy atom. The molecule has 0 radical (unpaired) electrons. The summed E-state index contributed by atoms with van der Waals surface area (Å²) < 4.78 is 11.6. The summed E-state index contributed by atoms with van der Waals surface area (Å²) >= 11 is 0. The predicted molar refractivity (Wildman–Crippen MR) is 118 cm³/mol. The van der Waals surface area contributed by atoms with Crippen LogP contribution in [0.3, 0.4) is 0 Å². The summed E-state index contributed by atoms with van der Waals surface area (Å²) in [4.78, 5) is 12.3. The second-order valence-corrected chi connectivity index (χ2v) is 10.3. The van der Waals surface area contributed by atoms with Crippen molar-refractivity contribution >= 4 is 5.78 Å². The summed E-state index contributed by atoms with van der Waals surface area (Å²) in [5, 5.41) is 12.7. The molecule has 1 aliphatic heterocycles. The van der Waals surface area contributed by atoms with Gasteiger partial charge < -0.3 is 14.6 Å². The largest absolute Gasteiger partial charge is 0.493 e. The lowest BCUT2D eigenvalue weighted by Crippen LogP contribution is -2.44. The van der Waals surface area contributed by atoms with E-state index in [2.05, 4.69) is 29.5 Å². The molecule has 30 heavy (non-hydrogen) atoms. The molecule has 0 spiro atoms. The van der Waals surface area contributed by atoms with Gasteiger partial charge in [0, 0.05) is 29.8 Å². The molecular formula is C24H38N2O4. The van der Waals surface area contributed by atoms with Gasteiger partial charge in [0.2, 0.25) is 0 Å². The summed E-state index contributed by atoms with van der Waals surface area (Å²) in [5.74, 6) is 2.44. The molecule has 1 heterocycles. The molecule has 6 heteroatoms. The number of carbonyl (C=O) groups is 1. The highest BCUT2D eigenvalue weighted by Gasteiger charge is 2.47. The molecule has 0 bridgehead atoms. The van der Waals surface area contributed by atoms with Crippen molar-refractivity contribution in [3.63, 3.8) is 0 Å². The molecule has 1 saturated carbocycles. The highest BCUT2D eigenvalue weighted by Crippen LogP contribution is 2.46. The summed E-state index contributed by atoms with van der Waals surface area (Å²) in [6, 6.07) is 6.09. The van der Waals surface area contributed by atoms with Crippen LogP contribution in [0.2, 0.25) is 0 Å². The van der Waals surface area contributed by atoms with Crippen LogP contribution in [-0.4, -0.2) is 55.4 Å². The van der Waals surface area contributed by atoms with E-state index in [9.17, 15) is 9.90 Å². The Morgan fingerprint density at radius 2 is 2.03 bits per heavy atom. The van der Waals surface area contributed by atoms with Gasteiger partial charge in [-0.2, -0.15) is 0 Å². The lowest BCUT2D eigenvalue weighted by atomic mass is 9.72. The summed E-state index contributed by atoms with van der Waals surface area (Å²) in [5.41, 5.74) is 3.70. The smallest absolute Gasteiger partial charge is 0.161 e. The molecule has 0 aromatic heterocycles. The molecule has 2 fully saturated rings. The topological polar surface area (TPSA) is 71.0 Å². The fourth-order valence-electron chi connectivity index (χ4n) is 4.01. The Bertz CT molecular complexity index is 754. The number of methoxy groups -OCH3 is 1. The van der Waals surface area contributed by atoms with Gasteiger partial charge in [-0.1, -0.05) is 33.8 Å². The van der Waals surface area contributed by atoms with Gasteiger partial charge in [-0.05, 0) is 43.4 Å². The van der Waals surface area contributed by atoms with E-state index in [1.165, 1.54) is 12.8 Å². The predicted octanol–water partition coefficient (Wildman–Crippen LogP) is 3.39. The second kappa shape index (κ2) is 8.85. The van der Waals surface area contributed by atoms with E-state index in [0.29, 0.717) is 25.6 Å². The van der Waals surface area contributed by atoms with E-state index in [1.54, 1.807) is 7.11 Å². The first-order chi connectivity index (χ1) is 14.0. The third-order valence-corrected chi connectivity index (χ3v) is 6.75. The van der Waals surface area contributed by atoms with Gasteiger partial charge in [0.15, 0.2) is 17.3 Å². The lowest BCUT2D eigenvalue weighted by molar-refractivity contribution is -0.126. The molecule has 0 unspecified atom stereocenters. The molecular weight excluding hydrogens is 380 g/mol. The van der Waals surface area contributed by atoms with Crippen molar-refractivity contribution in [2.24, 2.45) is 16.7 Å². The first kappa shape index (κ1) is 23.0. The van der Waals surface area contributed by atoms with Gasteiger partial charge in [-0.25, -0.2) is 10.4 Å². The Morgan fingerprint density at radius 3 is 2.60 bits per heavy atom. The number of carbonyl (C=O) groups excluding carboxylic acids is 1. The van der Waals surface area contributed by atoms with Crippen molar-refractivity contribution in [2.45, 2.75) is 59.5 Å². The highest BCUT2D eigenvalue weighted by molar-refractivity contribution is 5.85. The number of Topliss-reactive ketones (excluding diaryl/α,β-unsaturated/α-hetero) is 1. The van der Waals surface area contributed by atoms with E-state index >= 15 is 0 Å². The average molecular weight is 419 g/mol. The number of hydrogen-bond acceptors (Lipinski definition) is 6. The Kier molecular flexibility index (Phi) is 6.80. The molecule has 2 N–H and O–H groups in total. The minimum absolute atomic E-state index is 0.101. The quantitative estimate of drug-likeness (QED) is 0.641. The zero-order valence-electron chi connectivity index (χ0n) is 19.3. The summed E-state index contributed by atoms with van der Waals surface area (Å²) in [6.07, 6.45) is 1.97. The van der Waals surface area contributed by atoms with Gasteiger partial charge in [0.05, 0.1) is 26.4 Å². The van der Waals surface area contributed by atoms with Crippen LogP contribution in [0.1, 0.15) is 58.9 Å². The van der Waals surface area contributed by atoms with Crippen LogP contribution in [0, 0.1) is 16.7 Å². The second-order valence-electron chi connectivity index (χ2n) is 10.3. The molecule has 3 rings (SSSR count). The maximum absolute atomic E-state index is 12.3. The lowest BCUT2D eigenvalue weighted by Gasteiger charge is -2.34. The van der Waals surface area contributed by atoms with E-state index < -0.39 is 6.10 Å². The minimum Gasteiger partial charge on any atom is -0.493 e. The van der Waals surface area contributed by atoms with Gasteiger partial charge in [-0.3, -0.25) is 4.79 Å². The van der Waals surface area contributed by atoms with Crippen molar-refractivity contribution in [1.29, 1.82) is 0 Å². The van der Waals surface area contributed by atoms with Crippen molar-refractivity contribution in [3.05, 3.63) is 23.8 Å². The molecule has 1 saturated heterocycles. The maximum Gasteiger partial charge on any atom is 0.161 e. The molecule has 3 atom stereocenters. The van der Waals surface area contributed by atoms with Crippen LogP contribution in [0.25, 0.3) is 0 Å². The minimum atomic E-state index is -0.495. The molecule has 1 aromatic carbocycles. The zero-order valence-corrected chi connectivity index (χ0v) is 19.3. The Hall–Kier alpha value is -1.63. The zero-order chi connectivity index (χ0) is 22.1. The van der Waals surface area contributed by atoms with E-state index in [0.717, 1.165) is 23.7 Å². The first-order valence-corrected chi connectivity index (χ1v) is 11.0. The SMILES string of the molecule is COc1ccc([C@@H]2CN(NCC(=O)C(C)(C)C)C[C@@]2(C)[C@@H](C)O)cc1OCC1CC1. The highest BCUT2D eigenvalue weighted by atomic mass is 16.5. The van der Waals surface area contributed by atoms with E-state index in [4.69, 9.17) is 9.47 Å². The van der Waals surface area contributed by atoms with Gasteiger partial charge >= 0.3 is 0 Å². The molecule has 2 aliphatic rings. The van der Waals surface area contributed by atoms with Gasteiger partial charge in [0.25, 0.3) is 0 Å². The third kappa shape index (κ3) is 5.16. The van der Waals surface area contributed by atoms with Crippen LogP contribution < -0.4 is 14.9 Å². The molecule has 168 valence electrons. The van der Waals surface area contributed by atoms with Crippen LogP contribution in [0.4, 0.5) is 0 Å². The van der Waals surface area contributed by atoms with Gasteiger partial charge in [0.1, 0.15) is 0 Å². The Labute approximate surface area is 180 Å². The average Bonchev–Trinajstić information content (AvgIpc) is 3.45. The van der Waals surface area contributed by atoms with Crippen molar-refractivity contribution in [2.75, 3.05) is 33.4 Å². The van der Waals surface area contributed by atoms with Gasteiger partial charge in [-0.15, -0.1) is 0 Å². The molecule has 1 aromatic rings.